The molecule has 2 rings (SSSR count). The van der Waals surface area contributed by atoms with Gasteiger partial charge in [-0.15, -0.1) is 0 Å². The lowest BCUT2D eigenvalue weighted by Gasteiger charge is -2.38. The Bertz CT molecular complexity index is 200. The number of likely N-dealkylation sites (tertiary alicyclic amines) is 1. The van der Waals surface area contributed by atoms with Crippen LogP contribution in [-0.4, -0.2) is 46.5 Å². The van der Waals surface area contributed by atoms with Crippen LogP contribution in [-0.2, 0) is 0 Å². The van der Waals surface area contributed by atoms with Crippen LogP contribution in [0.1, 0.15) is 39.0 Å². The number of rotatable bonds is 2. The first-order chi connectivity index (χ1) is 7.18. The molecule has 88 valence electrons. The van der Waals surface area contributed by atoms with Gasteiger partial charge in [-0.3, -0.25) is 4.90 Å². The van der Waals surface area contributed by atoms with Crippen molar-refractivity contribution >= 4 is 0 Å². The van der Waals surface area contributed by atoms with Crippen molar-refractivity contribution in [3.05, 3.63) is 0 Å². The zero-order chi connectivity index (χ0) is 10.8. The van der Waals surface area contributed by atoms with Crippen molar-refractivity contribution in [2.75, 3.05) is 13.1 Å². The molecule has 15 heavy (non-hydrogen) atoms. The van der Waals surface area contributed by atoms with E-state index in [1.165, 1.54) is 6.42 Å². The molecule has 0 aromatic rings. The lowest BCUT2D eigenvalue weighted by atomic mass is 9.91. The van der Waals surface area contributed by atoms with E-state index in [4.69, 9.17) is 0 Å². The van der Waals surface area contributed by atoms with Crippen LogP contribution < -0.4 is 0 Å². The third kappa shape index (κ3) is 2.52. The van der Waals surface area contributed by atoms with Crippen LogP contribution in [0.4, 0.5) is 0 Å². The Labute approximate surface area is 92.1 Å². The van der Waals surface area contributed by atoms with Crippen LogP contribution in [0.25, 0.3) is 0 Å². The van der Waals surface area contributed by atoms with Crippen molar-refractivity contribution in [1.82, 2.24) is 4.90 Å². The Kier molecular flexibility index (Phi) is 3.65. The topological polar surface area (TPSA) is 43.7 Å². The molecular weight excluding hydrogens is 190 g/mol. The summed E-state index contributed by atoms with van der Waals surface area (Å²) in [5.41, 5.74) is 0. The zero-order valence-corrected chi connectivity index (χ0v) is 9.60. The molecule has 2 aliphatic rings. The molecule has 1 saturated heterocycles. The van der Waals surface area contributed by atoms with Crippen LogP contribution >= 0.6 is 0 Å². The Morgan fingerprint density at radius 1 is 1.13 bits per heavy atom. The van der Waals surface area contributed by atoms with Crippen LogP contribution in [0.2, 0.25) is 0 Å². The predicted molar refractivity (Wildman–Crippen MR) is 59.6 cm³/mol. The van der Waals surface area contributed by atoms with E-state index in [9.17, 15) is 10.2 Å². The standard InChI is InChI=1S/C12H23NO2/c1-9(14)10-5-7-13(8-6-10)11-3-2-4-12(11)15/h9-12,14-15H,2-8H2,1H3/t9?,11-,12-/m0/s1. The second-order valence-electron chi connectivity index (χ2n) is 5.18. The number of aliphatic hydroxyl groups is 2. The molecule has 3 atom stereocenters. The van der Waals surface area contributed by atoms with E-state index >= 15 is 0 Å². The molecular formula is C12H23NO2. The van der Waals surface area contributed by atoms with E-state index in [-0.39, 0.29) is 12.2 Å². The van der Waals surface area contributed by atoms with Gasteiger partial charge in [0, 0.05) is 6.04 Å². The van der Waals surface area contributed by atoms with Gasteiger partial charge < -0.3 is 10.2 Å². The molecule has 1 aliphatic carbocycles. The fraction of sp³-hybridized carbons (Fsp3) is 1.00. The maximum atomic E-state index is 9.83. The predicted octanol–water partition coefficient (Wildman–Crippen LogP) is 0.993. The summed E-state index contributed by atoms with van der Waals surface area (Å²) in [5.74, 6) is 0.472. The molecule has 0 radical (unpaired) electrons. The molecule has 0 amide bonds. The second-order valence-corrected chi connectivity index (χ2v) is 5.18. The number of nitrogens with zero attached hydrogens (tertiary/aromatic N) is 1. The van der Waals surface area contributed by atoms with Gasteiger partial charge in [-0.05, 0) is 58.0 Å². The summed E-state index contributed by atoms with van der Waals surface area (Å²) in [5, 5.41) is 19.3. The highest BCUT2D eigenvalue weighted by Gasteiger charge is 2.33. The van der Waals surface area contributed by atoms with Gasteiger partial charge in [0.25, 0.3) is 0 Å². The molecule has 0 aromatic carbocycles. The quantitative estimate of drug-likeness (QED) is 0.719. The lowest BCUT2D eigenvalue weighted by molar-refractivity contribution is 0.0219. The average molecular weight is 213 g/mol. The van der Waals surface area contributed by atoms with Gasteiger partial charge in [-0.1, -0.05) is 0 Å². The number of hydrogen-bond acceptors (Lipinski definition) is 3. The summed E-state index contributed by atoms with van der Waals surface area (Å²) < 4.78 is 0. The Hall–Kier alpha value is -0.120. The SMILES string of the molecule is CC(O)C1CCN([C@H]2CCC[C@@H]2O)CC1. The van der Waals surface area contributed by atoms with E-state index in [2.05, 4.69) is 4.90 Å². The highest BCUT2D eigenvalue weighted by Crippen LogP contribution is 2.29. The molecule has 1 heterocycles. The first kappa shape index (κ1) is 11.4. The smallest absolute Gasteiger partial charge is 0.0695 e. The van der Waals surface area contributed by atoms with Crippen molar-refractivity contribution in [3.8, 4) is 0 Å². The molecule has 1 saturated carbocycles. The summed E-state index contributed by atoms with van der Waals surface area (Å²) in [6.45, 7) is 4.00. The largest absolute Gasteiger partial charge is 0.393 e. The monoisotopic (exact) mass is 213 g/mol. The van der Waals surface area contributed by atoms with Gasteiger partial charge in [0.15, 0.2) is 0 Å². The molecule has 1 aliphatic heterocycles. The van der Waals surface area contributed by atoms with Crippen molar-refractivity contribution in [3.63, 3.8) is 0 Å². The van der Waals surface area contributed by atoms with E-state index in [0.29, 0.717) is 12.0 Å². The third-order valence-corrected chi connectivity index (χ3v) is 4.17. The molecule has 0 spiro atoms. The minimum Gasteiger partial charge on any atom is -0.393 e. The van der Waals surface area contributed by atoms with E-state index < -0.39 is 0 Å². The highest BCUT2D eigenvalue weighted by molar-refractivity contribution is 4.88. The molecule has 3 heteroatoms. The van der Waals surface area contributed by atoms with Crippen LogP contribution in [0.3, 0.4) is 0 Å². The van der Waals surface area contributed by atoms with Crippen LogP contribution in [0.15, 0.2) is 0 Å². The minimum atomic E-state index is -0.166. The fourth-order valence-corrected chi connectivity index (χ4v) is 3.08. The summed E-state index contributed by atoms with van der Waals surface area (Å²) in [7, 11) is 0. The van der Waals surface area contributed by atoms with Gasteiger partial charge in [0.05, 0.1) is 12.2 Å². The maximum Gasteiger partial charge on any atom is 0.0695 e. The van der Waals surface area contributed by atoms with E-state index in [1.807, 2.05) is 6.92 Å². The molecule has 2 N–H and O–H groups in total. The fourth-order valence-electron chi connectivity index (χ4n) is 3.08. The Morgan fingerprint density at radius 3 is 2.27 bits per heavy atom. The minimum absolute atomic E-state index is 0.104. The van der Waals surface area contributed by atoms with Gasteiger partial charge in [-0.2, -0.15) is 0 Å². The van der Waals surface area contributed by atoms with Crippen molar-refractivity contribution < 1.29 is 10.2 Å². The summed E-state index contributed by atoms with van der Waals surface area (Å²) in [6, 6.07) is 0.403. The first-order valence-electron chi connectivity index (χ1n) is 6.28. The number of piperidine rings is 1. The Balaban J connectivity index is 1.82. The van der Waals surface area contributed by atoms with Crippen molar-refractivity contribution in [2.24, 2.45) is 5.92 Å². The summed E-state index contributed by atoms with van der Waals surface area (Å²) in [6.07, 6.45) is 5.19. The van der Waals surface area contributed by atoms with Crippen molar-refractivity contribution in [1.29, 1.82) is 0 Å². The average Bonchev–Trinajstić information content (AvgIpc) is 2.65. The van der Waals surface area contributed by atoms with Gasteiger partial charge in [0.2, 0.25) is 0 Å². The molecule has 0 aromatic heterocycles. The van der Waals surface area contributed by atoms with Gasteiger partial charge in [0.1, 0.15) is 0 Å². The second kappa shape index (κ2) is 4.81. The normalized spacial score (nSPS) is 37.0. The Morgan fingerprint density at radius 2 is 1.80 bits per heavy atom. The number of hydrogen-bond donors (Lipinski definition) is 2. The van der Waals surface area contributed by atoms with Crippen LogP contribution in [0, 0.1) is 5.92 Å². The molecule has 3 nitrogen and oxygen atoms in total. The lowest BCUT2D eigenvalue weighted by Crippen LogP contribution is -2.46. The zero-order valence-electron chi connectivity index (χ0n) is 9.60. The number of aliphatic hydroxyl groups excluding tert-OH is 2. The van der Waals surface area contributed by atoms with Gasteiger partial charge in [-0.25, -0.2) is 0 Å². The summed E-state index contributed by atoms with van der Waals surface area (Å²) in [4.78, 5) is 2.43. The molecule has 1 unspecified atom stereocenters. The molecule has 2 fully saturated rings. The van der Waals surface area contributed by atoms with Crippen molar-refractivity contribution in [2.45, 2.75) is 57.3 Å². The van der Waals surface area contributed by atoms with E-state index in [0.717, 1.165) is 38.8 Å². The maximum absolute atomic E-state index is 9.83. The highest BCUT2D eigenvalue weighted by atomic mass is 16.3. The van der Waals surface area contributed by atoms with E-state index in [1.54, 1.807) is 0 Å². The van der Waals surface area contributed by atoms with Crippen LogP contribution in [0.5, 0.6) is 0 Å². The third-order valence-electron chi connectivity index (χ3n) is 4.17. The van der Waals surface area contributed by atoms with Gasteiger partial charge >= 0.3 is 0 Å². The first-order valence-corrected chi connectivity index (χ1v) is 6.28. The molecule has 0 bridgehead atoms. The summed E-state index contributed by atoms with van der Waals surface area (Å²) >= 11 is 0.